The van der Waals surface area contributed by atoms with Crippen molar-refractivity contribution in [3.63, 3.8) is 0 Å². The van der Waals surface area contributed by atoms with Gasteiger partial charge in [-0.25, -0.2) is 4.39 Å². The third kappa shape index (κ3) is 2.91. The van der Waals surface area contributed by atoms with E-state index in [4.69, 9.17) is 5.26 Å². The predicted molar refractivity (Wildman–Crippen MR) is 78.2 cm³/mol. The lowest BCUT2D eigenvalue weighted by molar-refractivity contribution is 0.623. The molecule has 0 aliphatic rings. The third-order valence-electron chi connectivity index (χ3n) is 2.28. The monoisotopic (exact) mass is 388 g/mol. The van der Waals surface area contributed by atoms with Gasteiger partial charge in [-0.05, 0) is 50.1 Å². The summed E-state index contributed by atoms with van der Waals surface area (Å²) in [7, 11) is 0. The predicted octanol–water partition coefficient (Wildman–Crippen LogP) is 4.90. The van der Waals surface area contributed by atoms with Crippen molar-refractivity contribution in [2.45, 2.75) is 6.54 Å². The van der Waals surface area contributed by atoms with E-state index in [0.717, 1.165) is 9.35 Å². The van der Waals surface area contributed by atoms with Crippen LogP contribution < -0.4 is 5.32 Å². The van der Waals surface area contributed by atoms with E-state index in [-0.39, 0.29) is 10.0 Å². The van der Waals surface area contributed by atoms with Gasteiger partial charge >= 0.3 is 0 Å². The molecule has 0 bridgehead atoms. The fourth-order valence-corrected chi connectivity index (χ4v) is 3.23. The number of nitrogens with one attached hydrogen (secondary N) is 1. The van der Waals surface area contributed by atoms with Crippen LogP contribution in [0.25, 0.3) is 0 Å². The Hall–Kier alpha value is -0.900. The molecule has 0 atom stereocenters. The Labute approximate surface area is 125 Å². The van der Waals surface area contributed by atoms with E-state index in [1.54, 1.807) is 23.5 Å². The summed E-state index contributed by atoms with van der Waals surface area (Å²) in [4.78, 5) is 1.10. The quantitative estimate of drug-likeness (QED) is 0.810. The standard InChI is InChI=1S/C12H7Br2FN2S/c13-8-3-9(18-6-8)5-17-10-2-1-7(4-16)11(14)12(10)15/h1-3,6,17H,5H2. The van der Waals surface area contributed by atoms with Crippen molar-refractivity contribution in [3.8, 4) is 6.07 Å². The van der Waals surface area contributed by atoms with Crippen molar-refractivity contribution >= 4 is 48.9 Å². The van der Waals surface area contributed by atoms with Crippen LogP contribution in [0.4, 0.5) is 10.1 Å². The molecule has 0 aliphatic heterocycles. The summed E-state index contributed by atoms with van der Waals surface area (Å²) in [6, 6.07) is 7.06. The van der Waals surface area contributed by atoms with Crippen LogP contribution in [0.1, 0.15) is 10.4 Å². The molecule has 2 nitrogen and oxygen atoms in total. The average Bonchev–Trinajstić information content (AvgIpc) is 2.77. The summed E-state index contributed by atoms with van der Waals surface area (Å²) in [6.45, 7) is 0.547. The second-order valence-corrected chi connectivity index (χ2v) is 6.19. The summed E-state index contributed by atoms with van der Waals surface area (Å²) < 4.78 is 15.1. The van der Waals surface area contributed by atoms with Gasteiger partial charge in [-0.2, -0.15) is 5.26 Å². The maximum Gasteiger partial charge on any atom is 0.161 e. The van der Waals surface area contributed by atoms with Gasteiger partial charge in [0.15, 0.2) is 5.82 Å². The summed E-state index contributed by atoms with van der Waals surface area (Å²) in [5, 5.41) is 13.8. The number of rotatable bonds is 3. The summed E-state index contributed by atoms with van der Waals surface area (Å²) in [5.74, 6) is -0.440. The number of hydrogen-bond acceptors (Lipinski definition) is 3. The number of halogens is 3. The van der Waals surface area contributed by atoms with Gasteiger partial charge in [-0.1, -0.05) is 0 Å². The molecule has 0 aliphatic carbocycles. The van der Waals surface area contributed by atoms with Crippen LogP contribution in [-0.2, 0) is 6.54 Å². The highest BCUT2D eigenvalue weighted by Gasteiger charge is 2.10. The van der Waals surface area contributed by atoms with E-state index >= 15 is 0 Å². The molecule has 0 radical (unpaired) electrons. The number of hydrogen-bond donors (Lipinski definition) is 1. The maximum absolute atomic E-state index is 13.9. The second-order valence-electron chi connectivity index (χ2n) is 3.49. The lowest BCUT2D eigenvalue weighted by atomic mass is 10.2. The Morgan fingerprint density at radius 3 is 2.78 bits per heavy atom. The zero-order valence-corrected chi connectivity index (χ0v) is 13.0. The van der Waals surface area contributed by atoms with Crippen LogP contribution in [0.3, 0.4) is 0 Å². The molecule has 1 N–H and O–H groups in total. The first-order chi connectivity index (χ1) is 8.61. The minimum atomic E-state index is -0.440. The van der Waals surface area contributed by atoms with E-state index in [9.17, 15) is 4.39 Å². The van der Waals surface area contributed by atoms with Gasteiger partial charge in [0.05, 0.1) is 15.7 Å². The number of anilines is 1. The maximum atomic E-state index is 13.9. The van der Waals surface area contributed by atoms with Gasteiger partial charge in [0.2, 0.25) is 0 Å². The number of benzene rings is 1. The molecule has 0 saturated heterocycles. The molecule has 0 spiro atoms. The fraction of sp³-hybridized carbons (Fsp3) is 0.0833. The van der Waals surface area contributed by atoms with Crippen molar-refractivity contribution in [1.29, 1.82) is 5.26 Å². The summed E-state index contributed by atoms with van der Waals surface area (Å²) >= 11 is 8.04. The molecule has 0 unspecified atom stereocenters. The Balaban J connectivity index is 2.15. The van der Waals surface area contributed by atoms with Gasteiger partial charge < -0.3 is 5.32 Å². The molecule has 1 aromatic heterocycles. The van der Waals surface area contributed by atoms with Crippen LogP contribution in [0, 0.1) is 17.1 Å². The highest BCUT2D eigenvalue weighted by molar-refractivity contribution is 9.10. The molecule has 6 heteroatoms. The molecular formula is C12H7Br2FN2S. The van der Waals surface area contributed by atoms with Crippen LogP contribution in [0.2, 0.25) is 0 Å². The van der Waals surface area contributed by atoms with Crippen LogP contribution >= 0.6 is 43.2 Å². The topological polar surface area (TPSA) is 35.8 Å². The largest absolute Gasteiger partial charge is 0.378 e. The first-order valence-electron chi connectivity index (χ1n) is 4.96. The van der Waals surface area contributed by atoms with Gasteiger partial charge in [0, 0.05) is 21.3 Å². The van der Waals surface area contributed by atoms with Gasteiger partial charge in [0.1, 0.15) is 6.07 Å². The molecular weight excluding hydrogens is 383 g/mol. The Bertz CT molecular complexity index is 619. The third-order valence-corrected chi connectivity index (χ3v) is 4.75. The van der Waals surface area contributed by atoms with E-state index in [1.807, 2.05) is 17.5 Å². The second kappa shape index (κ2) is 5.83. The number of nitriles is 1. The van der Waals surface area contributed by atoms with E-state index in [1.165, 1.54) is 0 Å². The zero-order valence-electron chi connectivity index (χ0n) is 9.01. The molecule has 92 valence electrons. The van der Waals surface area contributed by atoms with Crippen molar-refractivity contribution in [2.75, 3.05) is 5.32 Å². The lowest BCUT2D eigenvalue weighted by Crippen LogP contribution is -2.01. The molecule has 0 amide bonds. The van der Waals surface area contributed by atoms with Crippen molar-refractivity contribution < 1.29 is 4.39 Å². The molecule has 2 rings (SSSR count). The number of nitrogens with zero attached hydrogens (tertiary/aromatic N) is 1. The Morgan fingerprint density at radius 1 is 1.39 bits per heavy atom. The van der Waals surface area contributed by atoms with Crippen LogP contribution in [0.15, 0.2) is 32.5 Å². The lowest BCUT2D eigenvalue weighted by Gasteiger charge is -2.08. The SMILES string of the molecule is N#Cc1ccc(NCc2cc(Br)cs2)c(F)c1Br. The Morgan fingerprint density at radius 2 is 2.17 bits per heavy atom. The highest BCUT2D eigenvalue weighted by Crippen LogP contribution is 2.27. The molecule has 0 saturated carbocycles. The van der Waals surface area contributed by atoms with Gasteiger partial charge in [-0.15, -0.1) is 11.3 Å². The van der Waals surface area contributed by atoms with Crippen LogP contribution in [-0.4, -0.2) is 0 Å². The van der Waals surface area contributed by atoms with E-state index in [0.29, 0.717) is 12.2 Å². The highest BCUT2D eigenvalue weighted by atomic mass is 79.9. The van der Waals surface area contributed by atoms with Crippen molar-refractivity contribution in [3.05, 3.63) is 48.8 Å². The molecule has 18 heavy (non-hydrogen) atoms. The van der Waals surface area contributed by atoms with Gasteiger partial charge in [0.25, 0.3) is 0 Å². The first-order valence-corrected chi connectivity index (χ1v) is 7.43. The summed E-state index contributed by atoms with van der Waals surface area (Å²) in [5.41, 5.74) is 0.669. The van der Waals surface area contributed by atoms with Crippen LogP contribution in [0.5, 0.6) is 0 Å². The minimum absolute atomic E-state index is 0.197. The van der Waals surface area contributed by atoms with Gasteiger partial charge in [-0.3, -0.25) is 0 Å². The molecule has 2 aromatic rings. The van der Waals surface area contributed by atoms with E-state index < -0.39 is 5.82 Å². The normalized spacial score (nSPS) is 10.1. The smallest absolute Gasteiger partial charge is 0.161 e. The zero-order chi connectivity index (χ0) is 13.1. The Kier molecular flexibility index (Phi) is 4.38. The van der Waals surface area contributed by atoms with E-state index in [2.05, 4.69) is 37.2 Å². The first kappa shape index (κ1) is 13.5. The average molecular weight is 390 g/mol. The number of thiophene rings is 1. The minimum Gasteiger partial charge on any atom is -0.378 e. The molecule has 0 fully saturated rings. The van der Waals surface area contributed by atoms with Crippen molar-refractivity contribution in [1.82, 2.24) is 0 Å². The molecule has 1 aromatic carbocycles. The summed E-state index contributed by atoms with van der Waals surface area (Å²) in [6.07, 6.45) is 0. The fourth-order valence-electron chi connectivity index (χ4n) is 1.40. The molecule has 1 heterocycles. The van der Waals surface area contributed by atoms with Crippen molar-refractivity contribution in [2.24, 2.45) is 0 Å².